The van der Waals surface area contributed by atoms with Crippen molar-refractivity contribution in [3.8, 4) is 0 Å². The number of rotatable bonds is 5. The molecule has 142 valence electrons. The van der Waals surface area contributed by atoms with Crippen molar-refractivity contribution in [3.05, 3.63) is 88.7 Å². The fourth-order valence-electron chi connectivity index (χ4n) is 2.90. The molecule has 0 radical (unpaired) electrons. The predicted molar refractivity (Wildman–Crippen MR) is 112 cm³/mol. The number of hydrogen-bond acceptors (Lipinski definition) is 3. The first-order valence-corrected chi connectivity index (χ1v) is 9.22. The highest BCUT2D eigenvalue weighted by Crippen LogP contribution is 2.19. The van der Waals surface area contributed by atoms with Crippen molar-refractivity contribution in [2.24, 2.45) is 0 Å². The van der Waals surface area contributed by atoms with Gasteiger partial charge in [0.15, 0.2) is 0 Å². The molecule has 1 heterocycles. The van der Waals surface area contributed by atoms with Crippen LogP contribution in [-0.4, -0.2) is 16.8 Å². The zero-order valence-electron chi connectivity index (χ0n) is 16.2. The molecule has 5 heteroatoms. The molecular formula is C23H23N3O2. The highest BCUT2D eigenvalue weighted by atomic mass is 16.2. The van der Waals surface area contributed by atoms with Crippen molar-refractivity contribution in [1.82, 2.24) is 4.98 Å². The molecule has 28 heavy (non-hydrogen) atoms. The summed E-state index contributed by atoms with van der Waals surface area (Å²) in [5.41, 5.74) is 5.16. The molecular weight excluding hydrogens is 350 g/mol. The number of hydrogen-bond donors (Lipinski definition) is 2. The van der Waals surface area contributed by atoms with E-state index < -0.39 is 0 Å². The maximum atomic E-state index is 12.6. The normalized spacial score (nSPS) is 10.4. The second-order valence-electron chi connectivity index (χ2n) is 6.67. The predicted octanol–water partition coefficient (Wildman–Crippen LogP) is 4.77. The maximum Gasteiger partial charge on any atom is 0.274 e. The number of carbonyl (C=O) groups excluding carboxylic acids is 2. The molecule has 0 saturated carbocycles. The smallest absolute Gasteiger partial charge is 0.274 e. The molecule has 0 bridgehead atoms. The lowest BCUT2D eigenvalue weighted by atomic mass is 10.1. The second kappa shape index (κ2) is 8.48. The minimum atomic E-state index is -0.345. The molecule has 3 aromatic rings. The summed E-state index contributed by atoms with van der Waals surface area (Å²) in [6, 6.07) is 16.6. The van der Waals surface area contributed by atoms with Crippen LogP contribution in [0.2, 0.25) is 0 Å². The van der Waals surface area contributed by atoms with Gasteiger partial charge in [0.2, 0.25) is 0 Å². The molecule has 0 aliphatic carbocycles. The van der Waals surface area contributed by atoms with Crippen LogP contribution in [0.4, 0.5) is 11.4 Å². The van der Waals surface area contributed by atoms with Crippen LogP contribution in [0.3, 0.4) is 0 Å². The van der Waals surface area contributed by atoms with Crippen molar-refractivity contribution in [1.29, 1.82) is 0 Å². The van der Waals surface area contributed by atoms with Gasteiger partial charge in [0, 0.05) is 23.1 Å². The average Bonchev–Trinajstić information content (AvgIpc) is 2.71. The van der Waals surface area contributed by atoms with Crippen LogP contribution in [-0.2, 0) is 6.42 Å². The third kappa shape index (κ3) is 4.43. The molecule has 0 aliphatic rings. The summed E-state index contributed by atoms with van der Waals surface area (Å²) < 4.78 is 0. The lowest BCUT2D eigenvalue weighted by molar-refractivity contribution is 0.102. The van der Waals surface area contributed by atoms with Gasteiger partial charge in [-0.25, -0.2) is 0 Å². The van der Waals surface area contributed by atoms with E-state index >= 15 is 0 Å². The molecule has 0 aliphatic heterocycles. The Kier molecular flexibility index (Phi) is 5.84. The van der Waals surface area contributed by atoms with E-state index in [1.54, 1.807) is 6.07 Å². The van der Waals surface area contributed by atoms with Crippen molar-refractivity contribution >= 4 is 23.2 Å². The quantitative estimate of drug-likeness (QED) is 0.677. The molecule has 0 fully saturated rings. The minimum absolute atomic E-state index is 0.194. The molecule has 3 rings (SSSR count). The zero-order chi connectivity index (χ0) is 20.1. The van der Waals surface area contributed by atoms with E-state index in [9.17, 15) is 9.59 Å². The summed E-state index contributed by atoms with van der Waals surface area (Å²) in [6.07, 6.45) is 2.28. The Hall–Kier alpha value is -3.47. The summed E-state index contributed by atoms with van der Waals surface area (Å²) in [6.45, 7) is 5.94. The second-order valence-corrected chi connectivity index (χ2v) is 6.67. The molecule has 2 N–H and O–H groups in total. The largest absolute Gasteiger partial charge is 0.322 e. The Balaban J connectivity index is 1.78. The summed E-state index contributed by atoms with van der Waals surface area (Å²) in [7, 11) is 0. The topological polar surface area (TPSA) is 71.1 Å². The molecule has 0 spiro atoms. The highest BCUT2D eigenvalue weighted by Gasteiger charge is 2.14. The highest BCUT2D eigenvalue weighted by molar-refractivity contribution is 6.08. The minimum Gasteiger partial charge on any atom is -0.322 e. The monoisotopic (exact) mass is 373 g/mol. The lowest BCUT2D eigenvalue weighted by Crippen LogP contribution is -2.17. The SMILES string of the molecule is CCc1ccccc1NC(=O)c1cc(C(=O)Nc2cc(C)ccc2C)ccn1. The van der Waals surface area contributed by atoms with Gasteiger partial charge < -0.3 is 10.6 Å². The molecule has 0 atom stereocenters. The summed E-state index contributed by atoms with van der Waals surface area (Å²) in [4.78, 5) is 29.4. The van der Waals surface area contributed by atoms with Crippen molar-refractivity contribution < 1.29 is 9.59 Å². The van der Waals surface area contributed by atoms with Gasteiger partial charge in [0.1, 0.15) is 5.69 Å². The van der Waals surface area contributed by atoms with Crippen LogP contribution in [0, 0.1) is 13.8 Å². The number of anilines is 2. The van der Waals surface area contributed by atoms with Crippen LogP contribution in [0.5, 0.6) is 0 Å². The number of benzene rings is 2. The van der Waals surface area contributed by atoms with Gasteiger partial charge in [-0.2, -0.15) is 0 Å². The number of aromatic nitrogens is 1. The molecule has 2 aromatic carbocycles. The Morgan fingerprint density at radius 1 is 0.893 bits per heavy atom. The standard InChI is InChI=1S/C23H23N3O2/c1-4-17-7-5-6-8-19(17)25-23(28)21-14-18(11-12-24-21)22(27)26-20-13-15(2)9-10-16(20)3/h5-14H,4H2,1-3H3,(H,25,28)(H,26,27). The van der Waals surface area contributed by atoms with E-state index in [1.807, 2.05) is 63.2 Å². The van der Waals surface area contributed by atoms with Gasteiger partial charge in [-0.3, -0.25) is 14.6 Å². The van der Waals surface area contributed by atoms with Crippen LogP contribution >= 0.6 is 0 Å². The summed E-state index contributed by atoms with van der Waals surface area (Å²) in [5.74, 6) is -0.624. The van der Waals surface area contributed by atoms with Crippen LogP contribution in [0.1, 0.15) is 44.5 Å². The van der Waals surface area contributed by atoms with Crippen molar-refractivity contribution in [2.75, 3.05) is 10.6 Å². The third-order valence-electron chi connectivity index (χ3n) is 4.54. The van der Waals surface area contributed by atoms with Crippen LogP contribution in [0.15, 0.2) is 60.8 Å². The molecule has 5 nitrogen and oxygen atoms in total. The number of para-hydroxylation sites is 1. The lowest BCUT2D eigenvalue weighted by Gasteiger charge is -2.11. The number of nitrogens with one attached hydrogen (secondary N) is 2. The summed E-state index contributed by atoms with van der Waals surface area (Å²) >= 11 is 0. The van der Waals surface area contributed by atoms with Gasteiger partial charge in [-0.15, -0.1) is 0 Å². The number of carbonyl (C=O) groups is 2. The Bertz CT molecular complexity index is 1030. The maximum absolute atomic E-state index is 12.6. The Morgan fingerprint density at radius 2 is 1.64 bits per heavy atom. The fraction of sp³-hybridized carbons (Fsp3) is 0.174. The first kappa shape index (κ1) is 19.3. The number of amides is 2. The third-order valence-corrected chi connectivity index (χ3v) is 4.54. The Morgan fingerprint density at radius 3 is 2.43 bits per heavy atom. The number of nitrogens with zero attached hydrogens (tertiary/aromatic N) is 1. The molecule has 2 amide bonds. The van der Waals surface area contributed by atoms with Crippen LogP contribution < -0.4 is 10.6 Å². The van der Waals surface area contributed by atoms with Gasteiger partial charge in [-0.05, 0) is 61.2 Å². The zero-order valence-corrected chi connectivity index (χ0v) is 16.2. The van der Waals surface area contributed by atoms with E-state index in [4.69, 9.17) is 0 Å². The van der Waals surface area contributed by atoms with Crippen molar-refractivity contribution in [2.45, 2.75) is 27.2 Å². The van der Waals surface area contributed by atoms with Gasteiger partial charge >= 0.3 is 0 Å². The average molecular weight is 373 g/mol. The first-order valence-electron chi connectivity index (χ1n) is 9.22. The number of aryl methyl sites for hydroxylation is 3. The van der Waals surface area contributed by atoms with E-state index in [2.05, 4.69) is 15.6 Å². The summed E-state index contributed by atoms with van der Waals surface area (Å²) in [5, 5.41) is 5.78. The van der Waals surface area contributed by atoms with Crippen LogP contribution in [0.25, 0.3) is 0 Å². The molecule has 0 saturated heterocycles. The number of pyridine rings is 1. The Labute approximate surface area is 164 Å². The van der Waals surface area contributed by atoms with E-state index in [1.165, 1.54) is 12.3 Å². The van der Waals surface area contributed by atoms with E-state index in [-0.39, 0.29) is 17.5 Å². The molecule has 0 unspecified atom stereocenters. The van der Waals surface area contributed by atoms with Gasteiger partial charge in [0.25, 0.3) is 11.8 Å². The van der Waals surface area contributed by atoms with Crippen molar-refractivity contribution in [3.63, 3.8) is 0 Å². The van der Waals surface area contributed by atoms with Gasteiger partial charge in [0.05, 0.1) is 0 Å². The fourth-order valence-corrected chi connectivity index (χ4v) is 2.90. The van der Waals surface area contributed by atoms with E-state index in [0.29, 0.717) is 5.56 Å². The van der Waals surface area contributed by atoms with Gasteiger partial charge in [-0.1, -0.05) is 37.3 Å². The first-order chi connectivity index (χ1) is 13.5. The van der Waals surface area contributed by atoms with E-state index in [0.717, 1.165) is 34.5 Å². The molecule has 1 aromatic heterocycles.